The van der Waals surface area contributed by atoms with E-state index in [1.54, 1.807) is 73.6 Å². The van der Waals surface area contributed by atoms with E-state index in [9.17, 15) is 9.90 Å². The van der Waals surface area contributed by atoms with Crippen molar-refractivity contribution in [1.29, 1.82) is 0 Å². The van der Waals surface area contributed by atoms with Gasteiger partial charge in [-0.3, -0.25) is 4.79 Å². The van der Waals surface area contributed by atoms with Crippen molar-refractivity contribution in [2.24, 2.45) is 0 Å². The van der Waals surface area contributed by atoms with Crippen molar-refractivity contribution >= 4 is 11.6 Å². The molecular weight excluding hydrogens is 490 g/mol. The van der Waals surface area contributed by atoms with Crippen LogP contribution in [0.2, 0.25) is 0 Å². The molecule has 0 fully saturated rings. The number of aromatic hydroxyl groups is 1. The summed E-state index contributed by atoms with van der Waals surface area (Å²) >= 11 is 0. The molecule has 198 valence electrons. The van der Waals surface area contributed by atoms with Gasteiger partial charge in [0.1, 0.15) is 11.5 Å². The van der Waals surface area contributed by atoms with Crippen molar-refractivity contribution in [3.63, 3.8) is 0 Å². The van der Waals surface area contributed by atoms with E-state index in [0.717, 1.165) is 11.1 Å². The number of rotatable bonds is 10. The van der Waals surface area contributed by atoms with E-state index in [1.165, 1.54) is 14.2 Å². The van der Waals surface area contributed by atoms with Crippen molar-refractivity contribution < 1.29 is 34.6 Å². The van der Waals surface area contributed by atoms with E-state index in [2.05, 4.69) is 21.4 Å². The zero-order valence-electron chi connectivity index (χ0n) is 21.6. The van der Waals surface area contributed by atoms with Crippen LogP contribution in [0.25, 0.3) is 16.9 Å². The van der Waals surface area contributed by atoms with E-state index in [-0.39, 0.29) is 11.7 Å². The van der Waals surface area contributed by atoms with E-state index in [4.69, 9.17) is 18.9 Å². The highest BCUT2D eigenvalue weighted by molar-refractivity contribution is 5.96. The molecule has 0 saturated carbocycles. The minimum Gasteiger partial charge on any atom is -0.508 e. The second kappa shape index (κ2) is 11.5. The first kappa shape index (κ1) is 26.3. The largest absolute Gasteiger partial charge is 0.508 e. The third-order valence-corrected chi connectivity index (χ3v) is 5.99. The van der Waals surface area contributed by atoms with Crippen LogP contribution in [0.4, 0.5) is 5.69 Å². The second-order valence-corrected chi connectivity index (χ2v) is 8.39. The average Bonchev–Trinajstić information content (AvgIpc) is 3.43. The molecular formula is C27H30N5O6+. The van der Waals surface area contributed by atoms with Gasteiger partial charge < -0.3 is 35.1 Å². The van der Waals surface area contributed by atoms with Crippen molar-refractivity contribution in [3.8, 4) is 45.7 Å². The normalized spacial score (nSPS) is 11.5. The first-order chi connectivity index (χ1) is 18.4. The number of quaternary nitrogens is 1. The summed E-state index contributed by atoms with van der Waals surface area (Å²) in [4.78, 5) is 13.0. The summed E-state index contributed by atoms with van der Waals surface area (Å²) in [5, 5.41) is 20.8. The Morgan fingerprint density at radius 3 is 2.21 bits per heavy atom. The van der Waals surface area contributed by atoms with Gasteiger partial charge in [-0.05, 0) is 35.9 Å². The summed E-state index contributed by atoms with van der Waals surface area (Å²) in [5.74, 6) is 1.79. The molecule has 11 nitrogen and oxygen atoms in total. The number of hydrogen-bond donors (Lipinski definition) is 3. The van der Waals surface area contributed by atoms with Gasteiger partial charge in [-0.15, -0.1) is 5.10 Å². The smallest absolute Gasteiger partial charge is 0.282 e. The third kappa shape index (κ3) is 5.47. The number of phenols is 1. The Hall–Kier alpha value is -4.77. The Morgan fingerprint density at radius 2 is 1.61 bits per heavy atom. The topological polar surface area (TPSA) is 145 Å². The van der Waals surface area contributed by atoms with Gasteiger partial charge in [-0.2, -0.15) is 0 Å². The number of amides is 1. The number of benzene rings is 3. The lowest BCUT2D eigenvalue weighted by Crippen LogP contribution is -2.67. The van der Waals surface area contributed by atoms with E-state index in [1.807, 2.05) is 6.07 Å². The minimum atomic E-state index is -0.570. The SMILES string of the molecule is COc1ccc(-c2cnnn2-c2cc(OC)c(OC)c(OC)c2)cc1NC(=O)C([NH3+])Cc1ccc(O)cc1. The van der Waals surface area contributed by atoms with Crippen LogP contribution < -0.4 is 30.0 Å². The molecule has 4 rings (SSSR count). The molecule has 0 aliphatic carbocycles. The summed E-state index contributed by atoms with van der Waals surface area (Å²) < 4.78 is 23.5. The Balaban J connectivity index is 1.64. The van der Waals surface area contributed by atoms with Crippen LogP contribution in [-0.4, -0.2) is 60.5 Å². The molecule has 1 unspecified atom stereocenters. The van der Waals surface area contributed by atoms with Crippen LogP contribution in [0, 0.1) is 0 Å². The molecule has 0 aliphatic heterocycles. The number of anilines is 1. The molecule has 0 radical (unpaired) electrons. The Morgan fingerprint density at radius 1 is 0.947 bits per heavy atom. The standard InChI is InChI=1S/C27H29N5O6/c1-35-23-10-7-17(12-21(23)30-27(34)20(28)11-16-5-8-19(33)9-6-16)22-15-29-31-32(22)18-13-24(36-2)26(38-4)25(14-18)37-3/h5-10,12-15,20,33H,11,28H2,1-4H3,(H,30,34)/p+1. The highest BCUT2D eigenvalue weighted by Crippen LogP contribution is 2.40. The van der Waals surface area contributed by atoms with Crippen LogP contribution in [0.1, 0.15) is 5.56 Å². The van der Waals surface area contributed by atoms with Gasteiger partial charge >= 0.3 is 0 Å². The first-order valence-corrected chi connectivity index (χ1v) is 11.7. The van der Waals surface area contributed by atoms with Gasteiger partial charge in [-0.25, -0.2) is 4.68 Å². The molecule has 38 heavy (non-hydrogen) atoms. The van der Waals surface area contributed by atoms with E-state index in [0.29, 0.717) is 46.5 Å². The predicted octanol–water partition coefficient (Wildman–Crippen LogP) is 2.47. The summed E-state index contributed by atoms with van der Waals surface area (Å²) in [7, 11) is 6.15. The fraction of sp³-hybridized carbons (Fsp3) is 0.222. The maximum Gasteiger partial charge on any atom is 0.282 e. The zero-order chi connectivity index (χ0) is 27.2. The van der Waals surface area contributed by atoms with Crippen molar-refractivity contribution in [2.75, 3.05) is 33.8 Å². The van der Waals surface area contributed by atoms with Crippen LogP contribution in [0.5, 0.6) is 28.7 Å². The van der Waals surface area contributed by atoms with Crippen LogP contribution in [0.3, 0.4) is 0 Å². The molecule has 1 heterocycles. The van der Waals surface area contributed by atoms with Gasteiger partial charge in [0.2, 0.25) is 5.75 Å². The highest BCUT2D eigenvalue weighted by atomic mass is 16.5. The number of carbonyl (C=O) groups is 1. The van der Waals surface area contributed by atoms with E-state index < -0.39 is 6.04 Å². The first-order valence-electron chi connectivity index (χ1n) is 11.7. The Labute approximate surface area is 219 Å². The minimum absolute atomic E-state index is 0.167. The maximum atomic E-state index is 13.0. The van der Waals surface area contributed by atoms with Crippen molar-refractivity contribution in [3.05, 3.63) is 66.4 Å². The number of nitrogens with one attached hydrogen (secondary N) is 1. The van der Waals surface area contributed by atoms with Crippen LogP contribution >= 0.6 is 0 Å². The molecule has 1 aromatic heterocycles. The number of nitrogens with zero attached hydrogens (tertiary/aromatic N) is 3. The van der Waals surface area contributed by atoms with Crippen molar-refractivity contribution in [2.45, 2.75) is 12.5 Å². The third-order valence-electron chi connectivity index (χ3n) is 5.99. The quantitative estimate of drug-likeness (QED) is 0.289. The summed E-state index contributed by atoms with van der Waals surface area (Å²) in [6, 6.07) is 15.0. The number of aromatic nitrogens is 3. The summed E-state index contributed by atoms with van der Waals surface area (Å²) in [6.07, 6.45) is 2.03. The number of methoxy groups -OCH3 is 4. The number of carbonyl (C=O) groups excluding carboxylic acids is 1. The van der Waals surface area contributed by atoms with Gasteiger partial charge in [0, 0.05) is 24.1 Å². The average molecular weight is 521 g/mol. The van der Waals surface area contributed by atoms with Crippen molar-refractivity contribution in [1.82, 2.24) is 15.0 Å². The molecule has 5 N–H and O–H groups in total. The fourth-order valence-corrected chi connectivity index (χ4v) is 4.02. The van der Waals surface area contributed by atoms with Gasteiger partial charge in [0.25, 0.3) is 5.91 Å². The van der Waals surface area contributed by atoms with Crippen LogP contribution in [-0.2, 0) is 11.2 Å². The van der Waals surface area contributed by atoms with Crippen LogP contribution in [0.15, 0.2) is 60.8 Å². The van der Waals surface area contributed by atoms with E-state index >= 15 is 0 Å². The maximum absolute atomic E-state index is 13.0. The summed E-state index contributed by atoms with van der Waals surface area (Å²) in [6.45, 7) is 0. The molecule has 0 spiro atoms. The number of phenolic OH excluding ortho intramolecular Hbond substituents is 1. The molecule has 1 atom stereocenters. The van der Waals surface area contributed by atoms with Gasteiger partial charge in [0.05, 0.1) is 51.7 Å². The van der Waals surface area contributed by atoms with Gasteiger partial charge in [-0.1, -0.05) is 17.3 Å². The lowest BCUT2D eigenvalue weighted by molar-refractivity contribution is -0.402. The zero-order valence-corrected chi connectivity index (χ0v) is 21.6. The molecule has 0 saturated heterocycles. The number of hydrogen-bond acceptors (Lipinski definition) is 8. The highest BCUT2D eigenvalue weighted by Gasteiger charge is 2.21. The Kier molecular flexibility index (Phi) is 7.97. The fourth-order valence-electron chi connectivity index (χ4n) is 4.02. The van der Waals surface area contributed by atoms with Gasteiger partial charge in [0.15, 0.2) is 17.5 Å². The lowest BCUT2D eigenvalue weighted by Gasteiger charge is -2.16. The molecule has 11 heteroatoms. The molecule has 1 amide bonds. The number of ether oxygens (including phenoxy) is 4. The summed E-state index contributed by atoms with van der Waals surface area (Å²) in [5.41, 5.74) is 7.41. The Bertz CT molecular complexity index is 1390. The molecule has 3 aromatic carbocycles. The monoisotopic (exact) mass is 520 g/mol. The molecule has 0 aliphatic rings. The molecule has 4 aromatic rings. The molecule has 0 bridgehead atoms. The second-order valence-electron chi connectivity index (χ2n) is 8.39. The lowest BCUT2D eigenvalue weighted by atomic mass is 10.1. The predicted molar refractivity (Wildman–Crippen MR) is 140 cm³/mol.